The molecule has 5 heteroatoms. The summed E-state index contributed by atoms with van der Waals surface area (Å²) >= 11 is 3.30. The average molecular weight is 244 g/mol. The van der Waals surface area contributed by atoms with Crippen LogP contribution in [0.25, 0.3) is 0 Å². The Balaban J connectivity index is 3.02. The molecule has 70 valence electrons. The summed E-state index contributed by atoms with van der Waals surface area (Å²) in [4.78, 5) is 15.2. The first kappa shape index (κ1) is 9.98. The second-order valence-electron chi connectivity index (χ2n) is 2.38. The predicted molar refractivity (Wildman–Crippen MR) is 54.9 cm³/mol. The van der Waals surface area contributed by atoms with Crippen molar-refractivity contribution in [1.82, 2.24) is 10.3 Å². The number of nitrogens with one attached hydrogen (secondary N) is 2. The van der Waals surface area contributed by atoms with E-state index >= 15 is 0 Å². The van der Waals surface area contributed by atoms with E-state index < -0.39 is 0 Å². The van der Waals surface area contributed by atoms with E-state index in [9.17, 15) is 4.79 Å². The van der Waals surface area contributed by atoms with Gasteiger partial charge in [-0.15, -0.1) is 0 Å². The third-order valence-corrected chi connectivity index (χ3v) is 2.17. The molecule has 0 saturated carbocycles. The predicted octanol–water partition coefficient (Wildman–Crippen LogP) is 1.25. The number of rotatable bonds is 2. The summed E-state index contributed by atoms with van der Waals surface area (Å²) in [6.45, 7) is 0. The Hall–Kier alpha value is -1.10. The minimum Gasteiger partial charge on any atom is -0.372 e. The first-order valence-corrected chi connectivity index (χ1v) is 4.53. The summed E-state index contributed by atoms with van der Waals surface area (Å²) in [5, 5.41) is 5.42. The average Bonchev–Trinajstić information content (AvgIpc) is 2.16. The summed E-state index contributed by atoms with van der Waals surface area (Å²) in [5.74, 6) is 0.573. The number of nitrogens with zero attached hydrogens (tertiary/aromatic N) is 1. The van der Waals surface area contributed by atoms with Crippen molar-refractivity contribution < 1.29 is 4.79 Å². The van der Waals surface area contributed by atoms with E-state index in [1.807, 2.05) is 0 Å². The van der Waals surface area contributed by atoms with Gasteiger partial charge in [0.25, 0.3) is 5.91 Å². The molecule has 1 aromatic heterocycles. The fraction of sp³-hybridized carbons (Fsp3) is 0.250. The zero-order valence-corrected chi connectivity index (χ0v) is 8.97. The summed E-state index contributed by atoms with van der Waals surface area (Å²) < 4.78 is 0.774. The Bertz CT molecular complexity index is 327. The van der Waals surface area contributed by atoms with Crippen molar-refractivity contribution in [2.75, 3.05) is 19.4 Å². The number of hydrogen-bond acceptors (Lipinski definition) is 3. The van der Waals surface area contributed by atoms with Gasteiger partial charge in [-0.3, -0.25) is 4.79 Å². The molecule has 1 heterocycles. The van der Waals surface area contributed by atoms with E-state index in [4.69, 9.17) is 0 Å². The molecule has 4 nitrogen and oxygen atoms in total. The van der Waals surface area contributed by atoms with Crippen molar-refractivity contribution in [2.45, 2.75) is 0 Å². The summed E-state index contributed by atoms with van der Waals surface area (Å²) in [5.41, 5.74) is 0.536. The van der Waals surface area contributed by atoms with Crippen molar-refractivity contribution in [1.29, 1.82) is 0 Å². The van der Waals surface area contributed by atoms with Crippen LogP contribution in [0.2, 0.25) is 0 Å². The number of aromatic nitrogens is 1. The maximum Gasteiger partial charge on any atom is 0.252 e. The number of amides is 1. The molecule has 0 radical (unpaired) electrons. The molecule has 2 N–H and O–H groups in total. The van der Waals surface area contributed by atoms with E-state index in [-0.39, 0.29) is 5.91 Å². The molecule has 1 amide bonds. The molecule has 0 saturated heterocycles. The number of carbonyl (C=O) groups excluding carboxylic acids is 1. The van der Waals surface area contributed by atoms with Crippen LogP contribution < -0.4 is 10.6 Å². The van der Waals surface area contributed by atoms with Gasteiger partial charge >= 0.3 is 0 Å². The molecular weight excluding hydrogens is 234 g/mol. The monoisotopic (exact) mass is 243 g/mol. The molecule has 0 aromatic carbocycles. The van der Waals surface area contributed by atoms with Gasteiger partial charge in [0.15, 0.2) is 0 Å². The zero-order valence-electron chi connectivity index (χ0n) is 7.39. The first-order chi connectivity index (χ1) is 6.19. The van der Waals surface area contributed by atoms with Gasteiger partial charge in [-0.25, -0.2) is 4.98 Å². The topological polar surface area (TPSA) is 54.0 Å². The summed E-state index contributed by atoms with van der Waals surface area (Å²) in [6.07, 6.45) is 1.52. The number of pyridine rings is 1. The molecule has 0 aliphatic rings. The highest BCUT2D eigenvalue weighted by molar-refractivity contribution is 9.10. The van der Waals surface area contributed by atoms with Crippen LogP contribution in [0.3, 0.4) is 0 Å². The van der Waals surface area contributed by atoms with Gasteiger partial charge < -0.3 is 10.6 Å². The quantitative estimate of drug-likeness (QED) is 0.823. The Morgan fingerprint density at radius 3 is 2.69 bits per heavy atom. The number of hydrogen-bond donors (Lipinski definition) is 2. The van der Waals surface area contributed by atoms with Crippen LogP contribution in [-0.2, 0) is 0 Å². The molecule has 0 aliphatic carbocycles. The third kappa shape index (κ3) is 2.18. The summed E-state index contributed by atoms with van der Waals surface area (Å²) in [6, 6.07) is 1.72. The number of anilines is 1. The largest absolute Gasteiger partial charge is 0.372 e. The van der Waals surface area contributed by atoms with Crippen LogP contribution in [-0.4, -0.2) is 25.0 Å². The number of halogens is 1. The van der Waals surface area contributed by atoms with Crippen LogP contribution >= 0.6 is 15.9 Å². The van der Waals surface area contributed by atoms with Crippen molar-refractivity contribution in [3.63, 3.8) is 0 Å². The lowest BCUT2D eigenvalue weighted by Crippen LogP contribution is -2.18. The van der Waals surface area contributed by atoms with Crippen LogP contribution in [0.15, 0.2) is 16.7 Å². The van der Waals surface area contributed by atoms with Gasteiger partial charge in [-0.2, -0.15) is 0 Å². The molecule has 0 spiro atoms. The highest BCUT2D eigenvalue weighted by Crippen LogP contribution is 2.19. The Morgan fingerprint density at radius 2 is 2.23 bits per heavy atom. The lowest BCUT2D eigenvalue weighted by molar-refractivity contribution is 0.0962. The van der Waals surface area contributed by atoms with Crippen LogP contribution in [0, 0.1) is 0 Å². The molecule has 1 aromatic rings. The van der Waals surface area contributed by atoms with Crippen molar-refractivity contribution >= 4 is 27.7 Å². The van der Waals surface area contributed by atoms with E-state index in [0.717, 1.165) is 4.47 Å². The first-order valence-electron chi connectivity index (χ1n) is 3.74. The van der Waals surface area contributed by atoms with E-state index in [1.54, 1.807) is 20.2 Å². The molecule has 0 bridgehead atoms. The van der Waals surface area contributed by atoms with Gasteiger partial charge in [0, 0.05) is 20.3 Å². The smallest absolute Gasteiger partial charge is 0.252 e. The normalized spacial score (nSPS) is 9.46. The molecule has 0 atom stereocenters. The lowest BCUT2D eigenvalue weighted by atomic mass is 10.2. The highest BCUT2D eigenvalue weighted by atomic mass is 79.9. The molecular formula is C8H10BrN3O. The molecule has 13 heavy (non-hydrogen) atoms. The van der Waals surface area contributed by atoms with E-state index in [0.29, 0.717) is 11.4 Å². The second-order valence-corrected chi connectivity index (χ2v) is 3.24. The van der Waals surface area contributed by atoms with Gasteiger partial charge in [0.1, 0.15) is 5.82 Å². The van der Waals surface area contributed by atoms with Gasteiger partial charge in [-0.05, 0) is 22.0 Å². The lowest BCUT2D eigenvalue weighted by Gasteiger charge is -2.04. The SMILES string of the molecule is CNC(=O)c1cnc(NC)c(Br)c1. The van der Waals surface area contributed by atoms with E-state index in [1.165, 1.54) is 6.20 Å². The standard InChI is InChI=1S/C8H10BrN3O/c1-10-7-6(9)3-5(4-12-7)8(13)11-2/h3-4H,1-2H3,(H,10,12)(H,11,13). The van der Waals surface area contributed by atoms with Crippen LogP contribution in [0.1, 0.15) is 10.4 Å². The summed E-state index contributed by atoms with van der Waals surface area (Å²) in [7, 11) is 3.36. The maximum atomic E-state index is 11.2. The highest BCUT2D eigenvalue weighted by Gasteiger charge is 2.06. The maximum absolute atomic E-state index is 11.2. The Kier molecular flexibility index (Phi) is 3.25. The number of carbonyl (C=O) groups is 1. The van der Waals surface area contributed by atoms with Gasteiger partial charge in [0.05, 0.1) is 10.0 Å². The van der Waals surface area contributed by atoms with Crippen molar-refractivity contribution in [3.05, 3.63) is 22.3 Å². The zero-order chi connectivity index (χ0) is 9.84. The van der Waals surface area contributed by atoms with Crippen LogP contribution in [0.4, 0.5) is 5.82 Å². The Labute approximate surface area is 84.9 Å². The van der Waals surface area contributed by atoms with E-state index in [2.05, 4.69) is 31.5 Å². The minimum absolute atomic E-state index is 0.143. The fourth-order valence-electron chi connectivity index (χ4n) is 0.890. The Morgan fingerprint density at radius 1 is 1.54 bits per heavy atom. The molecule has 0 unspecified atom stereocenters. The second kappa shape index (κ2) is 4.23. The fourth-order valence-corrected chi connectivity index (χ4v) is 1.44. The van der Waals surface area contributed by atoms with Gasteiger partial charge in [0.2, 0.25) is 0 Å². The molecule has 1 rings (SSSR count). The minimum atomic E-state index is -0.143. The molecule has 0 fully saturated rings. The van der Waals surface area contributed by atoms with Crippen molar-refractivity contribution in [2.24, 2.45) is 0 Å². The molecule has 0 aliphatic heterocycles. The van der Waals surface area contributed by atoms with Gasteiger partial charge in [-0.1, -0.05) is 0 Å². The van der Waals surface area contributed by atoms with Crippen LogP contribution in [0.5, 0.6) is 0 Å². The van der Waals surface area contributed by atoms with Crippen molar-refractivity contribution in [3.8, 4) is 0 Å². The third-order valence-electron chi connectivity index (χ3n) is 1.57.